The molecular formula is C19H30Si. The predicted octanol–water partition coefficient (Wildman–Crippen LogP) is 5.84. The molecule has 0 aliphatic rings. The Hall–Kier alpha value is -1.00. The van der Waals surface area contributed by atoms with Crippen molar-refractivity contribution in [3.8, 4) is 11.5 Å². The summed E-state index contributed by atoms with van der Waals surface area (Å²) < 4.78 is 0. The van der Waals surface area contributed by atoms with Crippen LogP contribution in [0.4, 0.5) is 0 Å². The molecule has 0 bridgehead atoms. The van der Waals surface area contributed by atoms with Gasteiger partial charge in [0.15, 0.2) is 0 Å². The fourth-order valence-corrected chi connectivity index (χ4v) is 8.80. The standard InChI is InChI=1S/C19H30Si/c1-16(2)20(17(3)4,18(5)6)15-11-10-14-19-12-8-7-9-13-19/h7-9,12-13,16-18H,10,14H2,1-6H3. The minimum absolute atomic E-state index is 0.728. The number of aryl methyl sites for hydroxylation is 1. The molecule has 1 rings (SSSR count). The van der Waals surface area contributed by atoms with Crippen LogP contribution in [-0.2, 0) is 6.42 Å². The molecule has 0 aliphatic heterocycles. The zero-order chi connectivity index (χ0) is 15.2. The highest BCUT2D eigenvalue weighted by Crippen LogP contribution is 2.40. The van der Waals surface area contributed by atoms with E-state index in [9.17, 15) is 0 Å². The maximum absolute atomic E-state index is 3.79. The molecule has 0 nitrogen and oxygen atoms in total. The first kappa shape index (κ1) is 17.0. The summed E-state index contributed by atoms with van der Waals surface area (Å²) in [6.07, 6.45) is 2.07. The van der Waals surface area contributed by atoms with Crippen molar-refractivity contribution in [1.29, 1.82) is 0 Å². The molecule has 0 radical (unpaired) electrons. The van der Waals surface area contributed by atoms with Crippen LogP contribution in [0.3, 0.4) is 0 Å². The van der Waals surface area contributed by atoms with E-state index in [4.69, 9.17) is 0 Å². The second kappa shape index (κ2) is 7.69. The molecule has 0 atom stereocenters. The molecule has 0 fully saturated rings. The monoisotopic (exact) mass is 286 g/mol. The molecule has 0 heterocycles. The van der Waals surface area contributed by atoms with Crippen molar-refractivity contribution in [3.63, 3.8) is 0 Å². The van der Waals surface area contributed by atoms with Crippen molar-refractivity contribution in [2.45, 2.75) is 71.0 Å². The van der Waals surface area contributed by atoms with Gasteiger partial charge in [0.1, 0.15) is 8.07 Å². The lowest BCUT2D eigenvalue weighted by molar-refractivity contribution is 0.838. The van der Waals surface area contributed by atoms with Crippen molar-refractivity contribution in [2.24, 2.45) is 0 Å². The second-order valence-electron chi connectivity index (χ2n) is 6.68. The molecule has 0 aromatic heterocycles. The van der Waals surface area contributed by atoms with Gasteiger partial charge in [-0.15, -0.1) is 11.5 Å². The van der Waals surface area contributed by atoms with E-state index in [-0.39, 0.29) is 0 Å². The van der Waals surface area contributed by atoms with Gasteiger partial charge >= 0.3 is 0 Å². The number of rotatable bonds is 5. The van der Waals surface area contributed by atoms with E-state index < -0.39 is 8.07 Å². The SMILES string of the molecule is CC(C)[Si](C#CCCc1ccccc1)(C(C)C)C(C)C. The molecule has 110 valence electrons. The topological polar surface area (TPSA) is 0 Å². The van der Waals surface area contributed by atoms with Crippen LogP contribution in [0.15, 0.2) is 30.3 Å². The van der Waals surface area contributed by atoms with Crippen LogP contribution >= 0.6 is 0 Å². The van der Waals surface area contributed by atoms with Crippen LogP contribution in [0.25, 0.3) is 0 Å². The minimum Gasteiger partial charge on any atom is -0.130 e. The molecule has 1 heteroatoms. The van der Waals surface area contributed by atoms with Gasteiger partial charge in [0, 0.05) is 6.42 Å². The van der Waals surface area contributed by atoms with Crippen LogP contribution in [0.1, 0.15) is 53.5 Å². The van der Waals surface area contributed by atoms with Crippen molar-refractivity contribution >= 4 is 8.07 Å². The first-order valence-corrected chi connectivity index (χ1v) is 10.2. The van der Waals surface area contributed by atoms with Crippen LogP contribution in [0.5, 0.6) is 0 Å². The minimum atomic E-state index is -1.53. The van der Waals surface area contributed by atoms with Gasteiger partial charge in [-0.25, -0.2) is 0 Å². The van der Waals surface area contributed by atoms with E-state index in [0.717, 1.165) is 29.5 Å². The van der Waals surface area contributed by atoms with Gasteiger partial charge in [0.2, 0.25) is 0 Å². The molecule has 0 spiro atoms. The largest absolute Gasteiger partial charge is 0.145 e. The summed E-state index contributed by atoms with van der Waals surface area (Å²) in [5.74, 6) is 3.53. The Morgan fingerprint density at radius 3 is 1.80 bits per heavy atom. The highest BCUT2D eigenvalue weighted by molar-refractivity contribution is 6.90. The second-order valence-corrected chi connectivity index (χ2v) is 12.3. The van der Waals surface area contributed by atoms with Gasteiger partial charge < -0.3 is 0 Å². The van der Waals surface area contributed by atoms with Gasteiger partial charge in [-0.3, -0.25) is 0 Å². The lowest BCUT2D eigenvalue weighted by Crippen LogP contribution is -2.43. The Kier molecular flexibility index (Phi) is 6.56. The van der Waals surface area contributed by atoms with Crippen LogP contribution in [0.2, 0.25) is 16.6 Å². The maximum atomic E-state index is 3.79. The Balaban J connectivity index is 2.79. The lowest BCUT2D eigenvalue weighted by atomic mass is 10.1. The molecule has 0 unspecified atom stereocenters. The molecule has 0 saturated carbocycles. The fraction of sp³-hybridized carbons (Fsp3) is 0.579. The molecule has 0 saturated heterocycles. The van der Waals surface area contributed by atoms with Gasteiger partial charge in [0.05, 0.1) is 0 Å². The molecule has 0 N–H and O–H groups in total. The number of hydrogen-bond donors (Lipinski definition) is 0. The zero-order valence-corrected chi connectivity index (χ0v) is 15.0. The number of benzene rings is 1. The zero-order valence-electron chi connectivity index (χ0n) is 14.0. The number of hydrogen-bond acceptors (Lipinski definition) is 0. The normalized spacial score (nSPS) is 11.8. The quantitative estimate of drug-likeness (QED) is 0.471. The Morgan fingerprint density at radius 1 is 0.850 bits per heavy atom. The fourth-order valence-electron chi connectivity index (χ4n) is 3.50. The summed E-state index contributed by atoms with van der Waals surface area (Å²) in [6.45, 7) is 14.2. The third kappa shape index (κ3) is 3.99. The summed E-state index contributed by atoms with van der Waals surface area (Å²) in [7, 11) is -1.53. The summed E-state index contributed by atoms with van der Waals surface area (Å²) in [6, 6.07) is 10.7. The molecule has 20 heavy (non-hydrogen) atoms. The van der Waals surface area contributed by atoms with Crippen LogP contribution < -0.4 is 0 Å². The van der Waals surface area contributed by atoms with Crippen LogP contribution in [0, 0.1) is 11.5 Å². The van der Waals surface area contributed by atoms with E-state index in [1.165, 1.54) is 5.56 Å². The third-order valence-corrected chi connectivity index (χ3v) is 10.9. The van der Waals surface area contributed by atoms with E-state index in [1.54, 1.807) is 0 Å². The summed E-state index contributed by atoms with van der Waals surface area (Å²) in [5.41, 5.74) is 7.37. The van der Waals surface area contributed by atoms with Crippen molar-refractivity contribution in [2.75, 3.05) is 0 Å². The van der Waals surface area contributed by atoms with Gasteiger partial charge in [0.25, 0.3) is 0 Å². The smallest absolute Gasteiger partial charge is 0.130 e. The first-order chi connectivity index (χ1) is 9.41. The molecular weight excluding hydrogens is 256 g/mol. The summed E-state index contributed by atoms with van der Waals surface area (Å²) in [5, 5.41) is 0. The predicted molar refractivity (Wildman–Crippen MR) is 93.6 cm³/mol. The van der Waals surface area contributed by atoms with Gasteiger partial charge in [-0.2, -0.15) is 0 Å². The van der Waals surface area contributed by atoms with E-state index >= 15 is 0 Å². The first-order valence-electron chi connectivity index (χ1n) is 7.95. The van der Waals surface area contributed by atoms with E-state index in [0.29, 0.717) is 0 Å². The maximum Gasteiger partial charge on any atom is 0.145 e. The average molecular weight is 287 g/mol. The van der Waals surface area contributed by atoms with E-state index in [2.05, 4.69) is 83.3 Å². The van der Waals surface area contributed by atoms with Gasteiger partial charge in [-0.1, -0.05) is 71.9 Å². The van der Waals surface area contributed by atoms with Crippen molar-refractivity contribution < 1.29 is 0 Å². The Bertz CT molecular complexity index is 424. The highest BCUT2D eigenvalue weighted by atomic mass is 28.3. The van der Waals surface area contributed by atoms with Crippen LogP contribution in [-0.4, -0.2) is 8.07 Å². The molecule has 1 aromatic carbocycles. The Morgan fingerprint density at radius 2 is 1.35 bits per heavy atom. The Labute approximate surface area is 127 Å². The third-order valence-electron chi connectivity index (χ3n) is 4.55. The summed E-state index contributed by atoms with van der Waals surface area (Å²) in [4.78, 5) is 0. The van der Waals surface area contributed by atoms with Gasteiger partial charge in [-0.05, 0) is 28.6 Å². The van der Waals surface area contributed by atoms with Crippen molar-refractivity contribution in [1.82, 2.24) is 0 Å². The molecule has 0 aliphatic carbocycles. The molecule has 0 amide bonds. The highest BCUT2D eigenvalue weighted by Gasteiger charge is 2.41. The summed E-state index contributed by atoms with van der Waals surface area (Å²) >= 11 is 0. The molecule has 1 aromatic rings. The lowest BCUT2D eigenvalue weighted by Gasteiger charge is -2.38. The van der Waals surface area contributed by atoms with Crippen molar-refractivity contribution in [3.05, 3.63) is 35.9 Å². The average Bonchev–Trinajstić information content (AvgIpc) is 2.38. The van der Waals surface area contributed by atoms with E-state index in [1.807, 2.05) is 0 Å².